The van der Waals surface area contributed by atoms with E-state index in [1.807, 2.05) is 53.7 Å². The smallest absolute Gasteiger partial charge is 0.338 e. The standard InChI is InChI=1S/C49H52N4O10/c1-48(2,3)28-11-13-36-32(23-28)52-44(56)30-25-35(51-17-9-10-18-51)43-41-31(26-34(50-15-7-8-16-50)42(40(30)41)46(52)58)45(57)53(47(43)59)33-24-29(49(4,5)6)12-14-37(33)61-20-22-63-39(55)27-38(54)62-21-19-60-36/h11-14,23-27,54H,7-10,15-22H2,1-6H3/b38-27+. The molecule has 0 aromatic heterocycles. The molecule has 11 rings (SSSR count). The molecule has 0 radical (unpaired) electrons. The molecule has 7 heterocycles. The van der Waals surface area contributed by atoms with Crippen molar-refractivity contribution in [3.05, 3.63) is 93.9 Å². The second kappa shape index (κ2) is 15.7. The number of aliphatic hydroxyl groups is 1. The second-order valence-electron chi connectivity index (χ2n) is 18.7. The summed E-state index contributed by atoms with van der Waals surface area (Å²) in [5.74, 6) is -3.65. The van der Waals surface area contributed by atoms with Crippen molar-refractivity contribution in [1.29, 1.82) is 0 Å². The quantitative estimate of drug-likeness (QED) is 0.154. The van der Waals surface area contributed by atoms with Crippen LogP contribution in [0.3, 0.4) is 0 Å². The highest BCUT2D eigenvalue weighted by Crippen LogP contribution is 2.50. The van der Waals surface area contributed by atoms with E-state index in [4.69, 9.17) is 18.9 Å². The summed E-state index contributed by atoms with van der Waals surface area (Å²) in [6, 6.07) is 14.2. The number of amides is 4. The molecular weight excluding hydrogens is 805 g/mol. The van der Waals surface area contributed by atoms with Gasteiger partial charge in [-0.25, -0.2) is 14.6 Å². The lowest BCUT2D eigenvalue weighted by Crippen LogP contribution is -2.45. The fourth-order valence-corrected chi connectivity index (χ4v) is 9.22. The molecule has 63 heavy (non-hydrogen) atoms. The van der Waals surface area contributed by atoms with Crippen LogP contribution in [0.4, 0.5) is 22.7 Å². The maximum absolute atomic E-state index is 15.5. The minimum Gasteiger partial charge on any atom is -0.488 e. The number of fused-ring (bicyclic) bond motifs is 2. The normalized spacial score (nSPS) is 19.4. The molecule has 0 spiro atoms. The van der Waals surface area contributed by atoms with E-state index in [9.17, 15) is 9.90 Å². The number of anilines is 4. The molecule has 4 aromatic rings. The van der Waals surface area contributed by atoms with Gasteiger partial charge in [0.05, 0.1) is 45.0 Å². The number of hydrogen-bond donors (Lipinski definition) is 1. The number of carbonyl (C=O) groups excluding carboxylic acids is 5. The summed E-state index contributed by atoms with van der Waals surface area (Å²) in [5.41, 5.74) is 3.17. The first-order valence-corrected chi connectivity index (χ1v) is 21.7. The SMILES string of the molecule is CC(C)(C)c1ccc2c(c1)N1C(=O)c3cc(N4CCCC4)c4c5c(cc(N6CCCC6)c(c35)C1=O)C(=O)N(C4=O)c1cc(C(C)(C)C)ccc1OCCO/C(O)=C/C(=O)OCCO2. The van der Waals surface area contributed by atoms with Gasteiger partial charge in [0.2, 0.25) is 0 Å². The number of aliphatic hydroxyl groups excluding tert-OH is 1. The number of nitrogens with zero attached hydrogens (tertiary/aromatic N) is 4. The van der Waals surface area contributed by atoms with Crippen LogP contribution in [0.2, 0.25) is 0 Å². The minimum atomic E-state index is -0.891. The number of ether oxygens (including phenoxy) is 4. The Balaban J connectivity index is 1.33. The molecular formula is C49H52N4O10. The van der Waals surface area contributed by atoms with Gasteiger partial charge in [0, 0.05) is 37.0 Å². The van der Waals surface area contributed by atoms with Crippen LogP contribution in [0.25, 0.3) is 10.8 Å². The topological polar surface area (TPSA) is 155 Å². The zero-order chi connectivity index (χ0) is 44.5. The van der Waals surface area contributed by atoms with Gasteiger partial charge in [0.15, 0.2) is 0 Å². The van der Waals surface area contributed by atoms with Gasteiger partial charge in [-0.2, -0.15) is 0 Å². The number of rotatable bonds is 2. The van der Waals surface area contributed by atoms with Crippen molar-refractivity contribution < 1.29 is 48.0 Å². The van der Waals surface area contributed by atoms with E-state index < -0.39 is 46.4 Å². The van der Waals surface area contributed by atoms with E-state index in [1.165, 1.54) is 0 Å². The van der Waals surface area contributed by atoms with Gasteiger partial charge in [-0.1, -0.05) is 53.7 Å². The number of hydrogen-bond acceptors (Lipinski definition) is 12. The van der Waals surface area contributed by atoms with E-state index in [2.05, 4.69) is 9.80 Å². The van der Waals surface area contributed by atoms with Crippen molar-refractivity contribution in [3.63, 3.8) is 0 Å². The first-order chi connectivity index (χ1) is 30.0. The molecule has 1 N–H and O–H groups in total. The van der Waals surface area contributed by atoms with Crippen LogP contribution in [-0.2, 0) is 25.1 Å². The monoisotopic (exact) mass is 856 g/mol. The molecule has 0 saturated carbocycles. The van der Waals surface area contributed by atoms with Gasteiger partial charge in [0.1, 0.15) is 44.0 Å². The predicted molar refractivity (Wildman–Crippen MR) is 238 cm³/mol. The van der Waals surface area contributed by atoms with Gasteiger partial charge in [0.25, 0.3) is 29.6 Å². The van der Waals surface area contributed by atoms with Crippen molar-refractivity contribution in [2.45, 2.75) is 78.1 Å². The average Bonchev–Trinajstić information content (AvgIpc) is 3.98. The van der Waals surface area contributed by atoms with Crippen molar-refractivity contribution in [3.8, 4) is 11.5 Å². The summed E-state index contributed by atoms with van der Waals surface area (Å²) in [6.45, 7) is 13.9. The lowest BCUT2D eigenvalue weighted by Gasteiger charge is -2.37. The summed E-state index contributed by atoms with van der Waals surface area (Å²) in [7, 11) is 0. The van der Waals surface area contributed by atoms with Crippen molar-refractivity contribution in [1.82, 2.24) is 0 Å². The van der Waals surface area contributed by atoms with Crippen LogP contribution >= 0.6 is 0 Å². The Kier molecular flexibility index (Phi) is 10.4. The van der Waals surface area contributed by atoms with Crippen LogP contribution in [-0.4, -0.2) is 87.3 Å². The number of benzene rings is 4. The Labute approximate surface area is 365 Å². The maximum atomic E-state index is 15.5. The molecule has 0 unspecified atom stereocenters. The Morgan fingerprint density at radius 3 is 1.30 bits per heavy atom. The molecule has 2 fully saturated rings. The Morgan fingerprint density at radius 2 is 0.889 bits per heavy atom. The van der Waals surface area contributed by atoms with Gasteiger partial charge in [-0.05, 0) is 84.0 Å². The number of imide groups is 2. The highest BCUT2D eigenvalue weighted by Gasteiger charge is 2.46. The predicted octanol–water partition coefficient (Wildman–Crippen LogP) is 7.97. The minimum absolute atomic E-state index is 0.132. The average molecular weight is 857 g/mol. The molecule has 2 saturated heterocycles. The van der Waals surface area contributed by atoms with Gasteiger partial charge in [-0.15, -0.1) is 0 Å². The van der Waals surface area contributed by atoms with Crippen LogP contribution in [0, 0.1) is 0 Å². The van der Waals surface area contributed by atoms with E-state index in [0.29, 0.717) is 37.6 Å². The zero-order valence-electron chi connectivity index (χ0n) is 36.6. The Hall–Kier alpha value is -6.57. The van der Waals surface area contributed by atoms with Crippen LogP contribution in [0.15, 0.2) is 60.6 Å². The lowest BCUT2D eigenvalue weighted by atomic mass is 9.82. The molecule has 7 aliphatic heterocycles. The highest BCUT2D eigenvalue weighted by atomic mass is 16.6. The van der Waals surface area contributed by atoms with E-state index in [0.717, 1.165) is 52.7 Å². The molecule has 4 amide bonds. The van der Waals surface area contributed by atoms with E-state index in [1.54, 1.807) is 36.4 Å². The lowest BCUT2D eigenvalue weighted by molar-refractivity contribution is -0.139. The van der Waals surface area contributed by atoms with E-state index in [-0.39, 0.29) is 82.3 Å². The summed E-state index contributed by atoms with van der Waals surface area (Å²) in [5, 5.41) is 11.0. The van der Waals surface area contributed by atoms with Crippen LogP contribution in [0.1, 0.15) is 120 Å². The molecule has 4 aromatic carbocycles. The van der Waals surface area contributed by atoms with Gasteiger partial charge >= 0.3 is 5.97 Å². The van der Waals surface area contributed by atoms with Gasteiger partial charge < -0.3 is 33.9 Å². The molecule has 8 bridgehead atoms. The van der Waals surface area contributed by atoms with Crippen molar-refractivity contribution in [2.75, 3.05) is 72.2 Å². The number of carbonyl (C=O) groups is 5. The molecule has 14 nitrogen and oxygen atoms in total. The Bertz CT molecular complexity index is 2640. The third-order valence-corrected chi connectivity index (χ3v) is 12.5. The van der Waals surface area contributed by atoms with E-state index >= 15 is 19.2 Å². The van der Waals surface area contributed by atoms with Crippen LogP contribution < -0.4 is 29.1 Å². The largest absolute Gasteiger partial charge is 0.488 e. The van der Waals surface area contributed by atoms with Gasteiger partial charge in [-0.3, -0.25) is 19.2 Å². The third-order valence-electron chi connectivity index (χ3n) is 12.5. The molecule has 0 atom stereocenters. The van der Waals surface area contributed by atoms with Crippen LogP contribution in [0.5, 0.6) is 11.5 Å². The second-order valence-corrected chi connectivity index (χ2v) is 18.7. The maximum Gasteiger partial charge on any atom is 0.338 e. The Morgan fingerprint density at radius 1 is 0.492 bits per heavy atom. The summed E-state index contributed by atoms with van der Waals surface area (Å²) >= 11 is 0. The molecule has 14 heteroatoms. The first kappa shape index (κ1) is 41.8. The third kappa shape index (κ3) is 7.28. The van der Waals surface area contributed by atoms with Crippen molar-refractivity contribution in [2.24, 2.45) is 0 Å². The summed E-state index contributed by atoms with van der Waals surface area (Å²) in [6.07, 6.45) is 4.24. The zero-order valence-corrected chi connectivity index (χ0v) is 36.6. The molecule has 328 valence electrons. The fraction of sp³-hybridized carbons (Fsp3) is 0.408. The summed E-state index contributed by atoms with van der Waals surface area (Å²) in [4.78, 5) is 80.9. The van der Waals surface area contributed by atoms with Crippen molar-refractivity contribution >= 4 is 63.1 Å². The highest BCUT2D eigenvalue weighted by molar-refractivity contribution is 6.45. The fourth-order valence-electron chi connectivity index (χ4n) is 9.22. The molecule has 0 aliphatic carbocycles. The first-order valence-electron chi connectivity index (χ1n) is 21.7. The number of esters is 1. The summed E-state index contributed by atoms with van der Waals surface area (Å²) < 4.78 is 23.1. The molecule has 7 aliphatic rings.